The van der Waals surface area contributed by atoms with Gasteiger partial charge in [0.15, 0.2) is 0 Å². The molecule has 2 aromatic rings. The fraction of sp³-hybridized carbons (Fsp3) is 0.350. The van der Waals surface area contributed by atoms with Crippen molar-refractivity contribution in [1.29, 1.82) is 0 Å². The van der Waals surface area contributed by atoms with Crippen molar-refractivity contribution in [1.82, 2.24) is 5.32 Å². The van der Waals surface area contributed by atoms with E-state index >= 15 is 0 Å². The van der Waals surface area contributed by atoms with Gasteiger partial charge in [-0.3, -0.25) is 4.79 Å². The van der Waals surface area contributed by atoms with Gasteiger partial charge in [-0.15, -0.1) is 12.4 Å². The monoisotopic (exact) mass is 344 g/mol. The maximum absolute atomic E-state index is 12.1. The van der Waals surface area contributed by atoms with Crippen molar-refractivity contribution in [3.63, 3.8) is 0 Å². The van der Waals surface area contributed by atoms with Crippen LogP contribution < -0.4 is 11.1 Å². The van der Waals surface area contributed by atoms with Crippen LogP contribution in [0.4, 0.5) is 0 Å². The van der Waals surface area contributed by atoms with Crippen molar-refractivity contribution in [3.05, 3.63) is 70.3 Å². The van der Waals surface area contributed by atoms with E-state index < -0.39 is 0 Å². The van der Waals surface area contributed by atoms with Crippen LogP contribution in [-0.2, 0) is 30.6 Å². The highest BCUT2D eigenvalue weighted by atomic mass is 35.5. The molecule has 0 saturated heterocycles. The Balaban J connectivity index is 0.00000208. The lowest BCUT2D eigenvalue weighted by Crippen LogP contribution is -2.24. The molecule has 1 aliphatic carbocycles. The van der Waals surface area contributed by atoms with Crippen LogP contribution in [0.3, 0.4) is 0 Å². The van der Waals surface area contributed by atoms with Crippen molar-refractivity contribution in [2.24, 2.45) is 5.73 Å². The van der Waals surface area contributed by atoms with Crippen LogP contribution in [0, 0.1) is 0 Å². The first kappa shape index (κ1) is 18.5. The quantitative estimate of drug-likeness (QED) is 0.872. The molecule has 3 N–H and O–H groups in total. The van der Waals surface area contributed by atoms with Crippen molar-refractivity contribution >= 4 is 18.3 Å². The zero-order valence-corrected chi connectivity index (χ0v) is 14.9. The summed E-state index contributed by atoms with van der Waals surface area (Å²) in [6, 6.07) is 14.6. The Morgan fingerprint density at radius 3 is 2.46 bits per heavy atom. The third-order valence-corrected chi connectivity index (χ3v) is 4.52. The van der Waals surface area contributed by atoms with Gasteiger partial charge in [-0.25, -0.2) is 0 Å². The molecule has 0 bridgehead atoms. The zero-order chi connectivity index (χ0) is 16.2. The Hall–Kier alpha value is -1.84. The lowest BCUT2D eigenvalue weighted by molar-refractivity contribution is -0.120. The number of amides is 1. The topological polar surface area (TPSA) is 55.1 Å². The Labute approximate surface area is 150 Å². The minimum Gasteiger partial charge on any atom is -0.352 e. The molecule has 0 radical (unpaired) electrons. The Kier molecular flexibility index (Phi) is 6.41. The second kappa shape index (κ2) is 8.32. The molecule has 0 aliphatic heterocycles. The number of nitrogens with two attached hydrogens (primary N) is 1. The number of carbonyl (C=O) groups is 1. The van der Waals surface area contributed by atoms with E-state index in [0.717, 1.165) is 23.1 Å². The van der Waals surface area contributed by atoms with E-state index in [-0.39, 0.29) is 24.4 Å². The summed E-state index contributed by atoms with van der Waals surface area (Å²) in [4.78, 5) is 12.1. The summed E-state index contributed by atoms with van der Waals surface area (Å²) in [6.45, 7) is 2.52. The summed E-state index contributed by atoms with van der Waals surface area (Å²) in [5, 5.41) is 2.99. The van der Waals surface area contributed by atoms with E-state index in [9.17, 15) is 4.79 Å². The summed E-state index contributed by atoms with van der Waals surface area (Å²) < 4.78 is 0. The average molecular weight is 345 g/mol. The first-order valence-electron chi connectivity index (χ1n) is 8.33. The molecule has 0 aromatic heterocycles. The van der Waals surface area contributed by atoms with Crippen LogP contribution >= 0.6 is 12.4 Å². The number of rotatable bonds is 5. The molecule has 1 aliphatic rings. The van der Waals surface area contributed by atoms with Crippen LogP contribution in [0.5, 0.6) is 0 Å². The van der Waals surface area contributed by atoms with Crippen molar-refractivity contribution in [2.45, 2.75) is 45.2 Å². The summed E-state index contributed by atoms with van der Waals surface area (Å²) >= 11 is 0. The highest BCUT2D eigenvalue weighted by Gasteiger charge is 2.12. The molecule has 0 spiro atoms. The van der Waals surface area contributed by atoms with Crippen LogP contribution in [0.25, 0.3) is 0 Å². The summed E-state index contributed by atoms with van der Waals surface area (Å²) in [7, 11) is 0. The molecule has 3 nitrogen and oxygen atoms in total. The number of carbonyl (C=O) groups excluding carboxylic acids is 1. The summed E-state index contributed by atoms with van der Waals surface area (Å²) in [5.74, 6) is 0.0687. The van der Waals surface area contributed by atoms with Crippen LogP contribution in [0.15, 0.2) is 42.5 Å². The molecule has 0 heterocycles. The molecule has 1 unspecified atom stereocenters. The van der Waals surface area contributed by atoms with Gasteiger partial charge in [0, 0.05) is 12.6 Å². The third-order valence-electron chi connectivity index (χ3n) is 4.52. The number of hydrogen-bond acceptors (Lipinski definition) is 2. The Bertz CT molecular complexity index is 695. The van der Waals surface area contributed by atoms with Gasteiger partial charge in [-0.2, -0.15) is 0 Å². The number of hydrogen-bond donors (Lipinski definition) is 2. The van der Waals surface area contributed by atoms with E-state index in [1.807, 2.05) is 31.2 Å². The molecular formula is C20H25ClN2O. The molecule has 1 amide bonds. The molecule has 1 atom stereocenters. The van der Waals surface area contributed by atoms with Gasteiger partial charge >= 0.3 is 0 Å². The smallest absolute Gasteiger partial charge is 0.224 e. The highest BCUT2D eigenvalue weighted by Crippen LogP contribution is 2.23. The van der Waals surface area contributed by atoms with Crippen molar-refractivity contribution in [3.8, 4) is 0 Å². The largest absolute Gasteiger partial charge is 0.352 e. The predicted molar refractivity (Wildman–Crippen MR) is 100 cm³/mol. The molecule has 2 aromatic carbocycles. The van der Waals surface area contributed by atoms with Gasteiger partial charge in [0.1, 0.15) is 0 Å². The average Bonchev–Trinajstić information content (AvgIpc) is 3.01. The molecule has 0 fully saturated rings. The lowest BCUT2D eigenvalue weighted by Gasteiger charge is -2.09. The van der Waals surface area contributed by atoms with Crippen LogP contribution in [-0.4, -0.2) is 5.91 Å². The molecular weight excluding hydrogens is 320 g/mol. The second-order valence-electron chi connectivity index (χ2n) is 6.44. The first-order valence-corrected chi connectivity index (χ1v) is 8.33. The van der Waals surface area contributed by atoms with Crippen LogP contribution in [0.1, 0.15) is 47.2 Å². The number of benzene rings is 2. The standard InChI is InChI=1S/C20H24N2O.ClH/c1-14(21)17-8-5-15(6-9-17)13-22-20(23)12-16-7-10-18-3-2-4-19(18)11-16;/h5-11,14H,2-4,12-13,21H2,1H3,(H,22,23);1H. The van der Waals surface area contributed by atoms with Gasteiger partial charge in [0.2, 0.25) is 5.91 Å². The van der Waals surface area contributed by atoms with Gasteiger partial charge in [-0.1, -0.05) is 42.5 Å². The van der Waals surface area contributed by atoms with E-state index in [1.54, 1.807) is 0 Å². The third kappa shape index (κ3) is 4.59. The van der Waals surface area contributed by atoms with Crippen LogP contribution in [0.2, 0.25) is 0 Å². The van der Waals surface area contributed by atoms with E-state index in [2.05, 4.69) is 23.5 Å². The molecule has 0 saturated carbocycles. The number of halogens is 1. The zero-order valence-electron chi connectivity index (χ0n) is 14.0. The van der Waals surface area contributed by atoms with Gasteiger partial charge in [0.25, 0.3) is 0 Å². The minimum atomic E-state index is 0. The van der Waals surface area contributed by atoms with Gasteiger partial charge in [-0.05, 0) is 54.0 Å². The maximum Gasteiger partial charge on any atom is 0.224 e. The van der Waals surface area contributed by atoms with Crippen molar-refractivity contribution in [2.75, 3.05) is 0 Å². The number of fused-ring (bicyclic) bond motifs is 1. The lowest BCUT2D eigenvalue weighted by atomic mass is 10.0. The van der Waals surface area contributed by atoms with E-state index in [1.165, 1.54) is 24.0 Å². The minimum absolute atomic E-state index is 0. The van der Waals surface area contributed by atoms with Crippen molar-refractivity contribution < 1.29 is 4.79 Å². The predicted octanol–water partition coefficient (Wildman–Crippen LogP) is 3.48. The number of aryl methyl sites for hydroxylation is 2. The fourth-order valence-corrected chi connectivity index (χ4v) is 3.12. The SMILES string of the molecule is CC(N)c1ccc(CNC(=O)Cc2ccc3c(c2)CCC3)cc1.Cl. The van der Waals surface area contributed by atoms with Gasteiger partial charge in [0.05, 0.1) is 6.42 Å². The summed E-state index contributed by atoms with van der Waals surface area (Å²) in [6.07, 6.45) is 4.02. The summed E-state index contributed by atoms with van der Waals surface area (Å²) in [5.41, 5.74) is 12.0. The van der Waals surface area contributed by atoms with Gasteiger partial charge < -0.3 is 11.1 Å². The number of nitrogens with one attached hydrogen (secondary N) is 1. The Morgan fingerprint density at radius 2 is 1.75 bits per heavy atom. The first-order chi connectivity index (χ1) is 11.1. The van der Waals surface area contributed by atoms with E-state index in [0.29, 0.717) is 13.0 Å². The normalized spacial score (nSPS) is 13.8. The second-order valence-corrected chi connectivity index (χ2v) is 6.44. The molecule has 128 valence electrons. The molecule has 3 rings (SSSR count). The maximum atomic E-state index is 12.1. The molecule has 4 heteroatoms. The Morgan fingerprint density at radius 1 is 1.08 bits per heavy atom. The molecule has 24 heavy (non-hydrogen) atoms. The highest BCUT2D eigenvalue weighted by molar-refractivity contribution is 5.85. The van der Waals surface area contributed by atoms with E-state index in [4.69, 9.17) is 5.73 Å². The fourth-order valence-electron chi connectivity index (χ4n) is 3.12.